The van der Waals surface area contributed by atoms with Crippen LogP contribution in [0.25, 0.3) is 22.6 Å². The summed E-state index contributed by atoms with van der Waals surface area (Å²) in [4.78, 5) is 23.1. The molecule has 0 fully saturated rings. The van der Waals surface area contributed by atoms with Crippen molar-refractivity contribution in [2.24, 2.45) is 0 Å². The van der Waals surface area contributed by atoms with Crippen LogP contribution in [0, 0.1) is 0 Å². The first-order chi connectivity index (χ1) is 11.2. The fourth-order valence-corrected chi connectivity index (χ4v) is 2.25. The number of hydrogen-bond acceptors (Lipinski definition) is 5. The molecule has 0 atom stereocenters. The Balaban J connectivity index is 2.05. The van der Waals surface area contributed by atoms with Crippen LogP contribution >= 0.6 is 0 Å². The van der Waals surface area contributed by atoms with Gasteiger partial charge in [0.15, 0.2) is 0 Å². The highest BCUT2D eigenvalue weighted by atomic mass is 16.5. The highest BCUT2D eigenvalue weighted by Crippen LogP contribution is 2.27. The van der Waals surface area contributed by atoms with E-state index in [9.17, 15) is 4.79 Å². The van der Waals surface area contributed by atoms with Gasteiger partial charge in [0.05, 0.1) is 18.0 Å². The van der Waals surface area contributed by atoms with Gasteiger partial charge in [-0.05, 0) is 37.3 Å². The maximum atomic E-state index is 11.9. The van der Waals surface area contributed by atoms with E-state index in [1.165, 1.54) is 6.07 Å². The summed E-state index contributed by atoms with van der Waals surface area (Å²) in [5.41, 5.74) is 8.37. The zero-order valence-electron chi connectivity index (χ0n) is 12.6. The number of H-pyrrole nitrogens is 1. The SMILES string of the molecule is CCOc1ccc(-c2cc(=O)[nH]c(-c3ccncc3)n2)cc1N. The topological polar surface area (TPSA) is 93.9 Å². The lowest BCUT2D eigenvalue weighted by Crippen LogP contribution is -2.08. The van der Waals surface area contributed by atoms with E-state index in [0.717, 1.165) is 11.1 Å². The predicted molar refractivity (Wildman–Crippen MR) is 89.1 cm³/mol. The van der Waals surface area contributed by atoms with Crippen LogP contribution in [0.4, 0.5) is 5.69 Å². The average molecular weight is 308 g/mol. The van der Waals surface area contributed by atoms with Crippen molar-refractivity contribution in [2.45, 2.75) is 6.92 Å². The minimum absolute atomic E-state index is 0.228. The van der Waals surface area contributed by atoms with Gasteiger partial charge in [-0.15, -0.1) is 0 Å². The first-order valence-electron chi connectivity index (χ1n) is 7.22. The largest absolute Gasteiger partial charge is 0.492 e. The third kappa shape index (κ3) is 3.21. The minimum Gasteiger partial charge on any atom is -0.492 e. The van der Waals surface area contributed by atoms with Gasteiger partial charge >= 0.3 is 0 Å². The van der Waals surface area contributed by atoms with Gasteiger partial charge in [-0.2, -0.15) is 0 Å². The summed E-state index contributed by atoms with van der Waals surface area (Å²) in [5, 5.41) is 0. The molecule has 0 aliphatic carbocycles. The summed E-state index contributed by atoms with van der Waals surface area (Å²) in [6, 6.07) is 10.4. The van der Waals surface area contributed by atoms with Crippen molar-refractivity contribution in [2.75, 3.05) is 12.3 Å². The predicted octanol–water partition coefficient (Wildman–Crippen LogP) is 2.48. The van der Waals surface area contributed by atoms with Crippen molar-refractivity contribution < 1.29 is 4.74 Å². The van der Waals surface area contributed by atoms with Crippen molar-refractivity contribution in [3.8, 4) is 28.4 Å². The molecule has 0 aliphatic rings. The fourth-order valence-electron chi connectivity index (χ4n) is 2.25. The molecule has 3 N–H and O–H groups in total. The number of nitrogens with one attached hydrogen (secondary N) is 1. The molecule has 0 radical (unpaired) electrons. The van der Waals surface area contributed by atoms with Gasteiger partial charge in [-0.3, -0.25) is 9.78 Å². The number of aromatic nitrogens is 3. The normalized spacial score (nSPS) is 10.5. The maximum absolute atomic E-state index is 11.9. The van der Waals surface area contributed by atoms with Gasteiger partial charge in [-0.1, -0.05) is 0 Å². The van der Waals surface area contributed by atoms with Gasteiger partial charge < -0.3 is 15.5 Å². The molecule has 6 heteroatoms. The molecule has 2 heterocycles. The van der Waals surface area contributed by atoms with Gasteiger partial charge in [0.2, 0.25) is 0 Å². The smallest absolute Gasteiger partial charge is 0.251 e. The molecule has 0 unspecified atom stereocenters. The Bertz CT molecular complexity index is 875. The lowest BCUT2D eigenvalue weighted by Gasteiger charge is -2.09. The van der Waals surface area contributed by atoms with E-state index >= 15 is 0 Å². The number of ether oxygens (including phenoxy) is 1. The Labute approximate surface area is 133 Å². The first kappa shape index (κ1) is 14.8. The van der Waals surface area contributed by atoms with Crippen molar-refractivity contribution in [3.63, 3.8) is 0 Å². The molecule has 1 aromatic carbocycles. The van der Waals surface area contributed by atoms with Gasteiger partial charge in [0.25, 0.3) is 5.56 Å². The van der Waals surface area contributed by atoms with Crippen molar-refractivity contribution >= 4 is 5.69 Å². The molecule has 116 valence electrons. The van der Waals surface area contributed by atoms with Crippen LogP contribution in [0.3, 0.4) is 0 Å². The lowest BCUT2D eigenvalue weighted by atomic mass is 10.1. The first-order valence-corrected chi connectivity index (χ1v) is 7.22. The molecule has 0 bridgehead atoms. The van der Waals surface area contributed by atoms with Crippen LogP contribution in [0.2, 0.25) is 0 Å². The summed E-state index contributed by atoms with van der Waals surface area (Å²) in [5.74, 6) is 1.11. The van der Waals surface area contributed by atoms with Gasteiger partial charge in [0.1, 0.15) is 11.6 Å². The fraction of sp³-hybridized carbons (Fsp3) is 0.118. The van der Waals surface area contributed by atoms with Crippen molar-refractivity contribution in [3.05, 3.63) is 59.1 Å². The van der Waals surface area contributed by atoms with E-state index in [1.54, 1.807) is 36.7 Å². The number of aromatic amines is 1. The van der Waals surface area contributed by atoms with Crippen LogP contribution in [-0.2, 0) is 0 Å². The summed E-state index contributed by atoms with van der Waals surface area (Å²) in [6.45, 7) is 2.44. The van der Waals surface area contributed by atoms with E-state index in [4.69, 9.17) is 10.5 Å². The third-order valence-corrected chi connectivity index (χ3v) is 3.30. The number of pyridine rings is 1. The highest BCUT2D eigenvalue weighted by Gasteiger charge is 2.08. The Morgan fingerprint density at radius 2 is 1.91 bits per heavy atom. The van der Waals surface area contributed by atoms with Crippen LogP contribution in [0.15, 0.2) is 53.6 Å². The molecule has 0 amide bonds. The van der Waals surface area contributed by atoms with Gasteiger partial charge in [-0.25, -0.2) is 4.98 Å². The second kappa shape index (κ2) is 6.31. The van der Waals surface area contributed by atoms with E-state index in [-0.39, 0.29) is 5.56 Å². The summed E-state index contributed by atoms with van der Waals surface area (Å²) in [6.07, 6.45) is 3.30. The number of rotatable bonds is 4. The molecule has 0 saturated heterocycles. The maximum Gasteiger partial charge on any atom is 0.251 e. The van der Waals surface area contributed by atoms with Crippen LogP contribution in [0.5, 0.6) is 5.75 Å². The molecule has 0 spiro atoms. The van der Waals surface area contributed by atoms with Crippen LogP contribution in [-0.4, -0.2) is 21.6 Å². The van der Waals surface area contributed by atoms with Crippen molar-refractivity contribution in [1.82, 2.24) is 15.0 Å². The Hall–Kier alpha value is -3.15. The Kier molecular flexibility index (Phi) is 4.05. The van der Waals surface area contributed by atoms with Gasteiger partial charge in [0, 0.05) is 29.6 Å². The lowest BCUT2D eigenvalue weighted by molar-refractivity contribution is 0.342. The standard InChI is InChI=1S/C17H16N4O2/c1-2-23-15-4-3-12(9-13(15)18)14-10-16(22)21-17(20-14)11-5-7-19-8-6-11/h3-10H,2,18H2,1H3,(H,20,21,22). The molecule has 6 nitrogen and oxygen atoms in total. The zero-order chi connectivity index (χ0) is 16.2. The molecular formula is C17H16N4O2. The summed E-state index contributed by atoms with van der Waals surface area (Å²) >= 11 is 0. The van der Waals surface area contributed by atoms with E-state index in [1.807, 2.05) is 13.0 Å². The molecule has 0 saturated carbocycles. The number of benzene rings is 1. The quantitative estimate of drug-likeness (QED) is 0.722. The Morgan fingerprint density at radius 1 is 1.13 bits per heavy atom. The van der Waals surface area contributed by atoms with E-state index < -0.39 is 0 Å². The second-order valence-corrected chi connectivity index (χ2v) is 4.90. The summed E-state index contributed by atoms with van der Waals surface area (Å²) < 4.78 is 5.42. The van der Waals surface area contributed by atoms with Crippen LogP contribution < -0.4 is 16.0 Å². The molecule has 3 rings (SSSR count). The van der Waals surface area contributed by atoms with Crippen molar-refractivity contribution in [1.29, 1.82) is 0 Å². The summed E-state index contributed by atoms with van der Waals surface area (Å²) in [7, 11) is 0. The molecule has 2 aromatic heterocycles. The highest BCUT2D eigenvalue weighted by molar-refractivity contribution is 5.69. The van der Waals surface area contributed by atoms with E-state index in [2.05, 4.69) is 15.0 Å². The number of hydrogen-bond donors (Lipinski definition) is 2. The third-order valence-electron chi connectivity index (χ3n) is 3.30. The number of nitrogen functional groups attached to an aromatic ring is 1. The minimum atomic E-state index is -0.228. The number of nitrogens with two attached hydrogens (primary N) is 1. The molecular weight excluding hydrogens is 292 g/mol. The molecule has 3 aromatic rings. The van der Waals surface area contributed by atoms with E-state index in [0.29, 0.717) is 29.6 Å². The second-order valence-electron chi connectivity index (χ2n) is 4.90. The number of nitrogens with zero attached hydrogens (tertiary/aromatic N) is 2. The average Bonchev–Trinajstić information content (AvgIpc) is 2.57. The number of anilines is 1. The zero-order valence-corrected chi connectivity index (χ0v) is 12.6. The molecule has 23 heavy (non-hydrogen) atoms. The molecule has 0 aliphatic heterocycles. The van der Waals surface area contributed by atoms with Crippen LogP contribution in [0.1, 0.15) is 6.92 Å². The monoisotopic (exact) mass is 308 g/mol. The Morgan fingerprint density at radius 3 is 2.61 bits per heavy atom.